The smallest absolute Gasteiger partial charge is 0.326 e. The topological polar surface area (TPSA) is 92.4 Å². The van der Waals surface area contributed by atoms with Crippen molar-refractivity contribution in [3.05, 3.63) is 29.8 Å². The SMILES string of the molecule is CC(C)C[C@@H](NC(=O)c1cccc(N)c1)C(=O)O. The molecule has 1 aromatic rings. The van der Waals surface area contributed by atoms with Gasteiger partial charge in [-0.3, -0.25) is 4.79 Å². The lowest BCUT2D eigenvalue weighted by Crippen LogP contribution is -2.41. The highest BCUT2D eigenvalue weighted by Gasteiger charge is 2.21. The van der Waals surface area contributed by atoms with Crippen LogP contribution in [0.5, 0.6) is 0 Å². The number of carbonyl (C=O) groups excluding carboxylic acids is 1. The summed E-state index contributed by atoms with van der Waals surface area (Å²) < 4.78 is 0. The molecule has 0 fully saturated rings. The van der Waals surface area contributed by atoms with Gasteiger partial charge in [-0.05, 0) is 30.5 Å². The van der Waals surface area contributed by atoms with E-state index in [9.17, 15) is 9.59 Å². The molecular formula is C13H18N2O3. The van der Waals surface area contributed by atoms with Gasteiger partial charge >= 0.3 is 5.97 Å². The van der Waals surface area contributed by atoms with Crippen molar-refractivity contribution >= 4 is 17.6 Å². The largest absolute Gasteiger partial charge is 0.480 e. The molecule has 1 atom stereocenters. The second-order valence-corrected chi connectivity index (χ2v) is 4.62. The van der Waals surface area contributed by atoms with E-state index in [0.717, 1.165) is 0 Å². The van der Waals surface area contributed by atoms with Crippen LogP contribution < -0.4 is 11.1 Å². The fourth-order valence-electron chi connectivity index (χ4n) is 1.61. The maximum atomic E-state index is 11.9. The number of benzene rings is 1. The molecule has 1 aromatic carbocycles. The normalized spacial score (nSPS) is 12.2. The number of carboxylic acids is 1. The van der Waals surface area contributed by atoms with Crippen LogP contribution in [0.4, 0.5) is 5.69 Å². The van der Waals surface area contributed by atoms with Gasteiger partial charge in [-0.2, -0.15) is 0 Å². The van der Waals surface area contributed by atoms with Crippen molar-refractivity contribution in [1.82, 2.24) is 5.32 Å². The summed E-state index contributed by atoms with van der Waals surface area (Å²) in [6.45, 7) is 3.81. The predicted molar refractivity (Wildman–Crippen MR) is 69.2 cm³/mol. The van der Waals surface area contributed by atoms with Crippen LogP contribution in [0.25, 0.3) is 0 Å². The average Bonchev–Trinajstić information content (AvgIpc) is 2.27. The summed E-state index contributed by atoms with van der Waals surface area (Å²) >= 11 is 0. The molecule has 0 aliphatic carbocycles. The Kier molecular flexibility index (Phi) is 4.71. The van der Waals surface area contributed by atoms with E-state index in [2.05, 4.69) is 5.32 Å². The van der Waals surface area contributed by atoms with E-state index in [1.165, 1.54) is 6.07 Å². The van der Waals surface area contributed by atoms with E-state index >= 15 is 0 Å². The first-order valence-electron chi connectivity index (χ1n) is 5.79. The zero-order valence-corrected chi connectivity index (χ0v) is 10.5. The minimum absolute atomic E-state index is 0.187. The van der Waals surface area contributed by atoms with Crippen LogP contribution in [-0.4, -0.2) is 23.0 Å². The number of nitrogens with one attached hydrogen (secondary N) is 1. The number of anilines is 1. The number of rotatable bonds is 5. The molecule has 0 radical (unpaired) electrons. The molecule has 4 N–H and O–H groups in total. The molecule has 0 aliphatic rings. The number of nitrogen functional groups attached to an aromatic ring is 1. The molecule has 0 aromatic heterocycles. The zero-order chi connectivity index (χ0) is 13.7. The third-order valence-corrected chi connectivity index (χ3v) is 2.46. The maximum absolute atomic E-state index is 11.9. The van der Waals surface area contributed by atoms with Crippen molar-refractivity contribution in [3.63, 3.8) is 0 Å². The molecule has 1 rings (SSSR count). The number of carbonyl (C=O) groups is 2. The molecule has 0 spiro atoms. The van der Waals surface area contributed by atoms with Crippen molar-refractivity contribution in [3.8, 4) is 0 Å². The molecular weight excluding hydrogens is 232 g/mol. The van der Waals surface area contributed by atoms with E-state index in [1.807, 2.05) is 13.8 Å². The van der Waals surface area contributed by atoms with Crippen molar-refractivity contribution in [2.45, 2.75) is 26.3 Å². The average molecular weight is 250 g/mol. The summed E-state index contributed by atoms with van der Waals surface area (Å²) in [5, 5.41) is 11.5. The molecule has 5 heteroatoms. The summed E-state index contributed by atoms with van der Waals surface area (Å²) in [7, 11) is 0. The summed E-state index contributed by atoms with van der Waals surface area (Å²) in [5.74, 6) is -1.26. The molecule has 98 valence electrons. The van der Waals surface area contributed by atoms with Crippen LogP contribution in [-0.2, 0) is 4.79 Å². The van der Waals surface area contributed by atoms with Gasteiger partial charge in [0.2, 0.25) is 0 Å². The van der Waals surface area contributed by atoms with Gasteiger partial charge in [0.05, 0.1) is 0 Å². The van der Waals surface area contributed by atoms with E-state index in [0.29, 0.717) is 17.7 Å². The van der Waals surface area contributed by atoms with Crippen molar-refractivity contribution in [1.29, 1.82) is 0 Å². The van der Waals surface area contributed by atoms with E-state index in [-0.39, 0.29) is 5.92 Å². The molecule has 0 aliphatic heterocycles. The molecule has 0 bridgehead atoms. The minimum atomic E-state index is -1.03. The van der Waals surface area contributed by atoms with Gasteiger partial charge in [-0.25, -0.2) is 4.79 Å². The number of nitrogens with two attached hydrogens (primary N) is 1. The maximum Gasteiger partial charge on any atom is 0.326 e. The van der Waals surface area contributed by atoms with Crippen LogP contribution in [0, 0.1) is 5.92 Å². The van der Waals surface area contributed by atoms with Crippen LogP contribution in [0.1, 0.15) is 30.6 Å². The van der Waals surface area contributed by atoms with Crippen molar-refractivity contribution < 1.29 is 14.7 Å². The first-order chi connectivity index (χ1) is 8.40. The molecule has 1 amide bonds. The number of hydrogen-bond acceptors (Lipinski definition) is 3. The van der Waals surface area contributed by atoms with E-state index < -0.39 is 17.9 Å². The van der Waals surface area contributed by atoms with Gasteiger partial charge in [0.1, 0.15) is 6.04 Å². The molecule has 0 saturated heterocycles. The van der Waals surface area contributed by atoms with Gasteiger partial charge in [-0.15, -0.1) is 0 Å². The van der Waals surface area contributed by atoms with E-state index in [4.69, 9.17) is 10.8 Å². The number of amides is 1. The van der Waals surface area contributed by atoms with Crippen LogP contribution in [0.2, 0.25) is 0 Å². The third-order valence-electron chi connectivity index (χ3n) is 2.46. The summed E-state index contributed by atoms with van der Waals surface area (Å²) in [4.78, 5) is 22.9. The van der Waals surface area contributed by atoms with Crippen LogP contribution in [0.3, 0.4) is 0 Å². The molecule has 0 saturated carbocycles. The highest BCUT2D eigenvalue weighted by molar-refractivity contribution is 5.97. The Labute approximate surface area is 106 Å². The Morgan fingerprint density at radius 2 is 2.06 bits per heavy atom. The number of hydrogen-bond donors (Lipinski definition) is 3. The van der Waals surface area contributed by atoms with E-state index in [1.54, 1.807) is 18.2 Å². The second-order valence-electron chi connectivity index (χ2n) is 4.62. The monoisotopic (exact) mass is 250 g/mol. The highest BCUT2D eigenvalue weighted by Crippen LogP contribution is 2.09. The summed E-state index contributed by atoms with van der Waals surface area (Å²) in [5.41, 5.74) is 6.41. The Bertz CT molecular complexity index is 444. The first kappa shape index (κ1) is 14.0. The van der Waals surface area contributed by atoms with Gasteiger partial charge in [0, 0.05) is 11.3 Å². The standard InChI is InChI=1S/C13H18N2O3/c1-8(2)6-11(13(17)18)15-12(16)9-4-3-5-10(14)7-9/h3-5,7-8,11H,6,14H2,1-2H3,(H,15,16)(H,17,18)/t11-/m1/s1. The minimum Gasteiger partial charge on any atom is -0.480 e. The molecule has 5 nitrogen and oxygen atoms in total. The fraction of sp³-hybridized carbons (Fsp3) is 0.385. The van der Waals surface area contributed by atoms with Gasteiger partial charge in [0.25, 0.3) is 5.91 Å². The highest BCUT2D eigenvalue weighted by atomic mass is 16.4. The number of aliphatic carboxylic acids is 1. The molecule has 0 unspecified atom stereocenters. The molecule has 18 heavy (non-hydrogen) atoms. The lowest BCUT2D eigenvalue weighted by molar-refractivity contribution is -0.139. The van der Waals surface area contributed by atoms with Crippen LogP contribution >= 0.6 is 0 Å². The molecule has 0 heterocycles. The van der Waals surface area contributed by atoms with Crippen molar-refractivity contribution in [2.75, 3.05) is 5.73 Å². The Morgan fingerprint density at radius 3 is 2.56 bits per heavy atom. The fourth-order valence-corrected chi connectivity index (χ4v) is 1.61. The van der Waals surface area contributed by atoms with Gasteiger partial charge < -0.3 is 16.2 Å². The Balaban J connectivity index is 2.75. The Morgan fingerprint density at radius 1 is 1.39 bits per heavy atom. The van der Waals surface area contributed by atoms with Gasteiger partial charge in [0.15, 0.2) is 0 Å². The van der Waals surface area contributed by atoms with Crippen molar-refractivity contribution in [2.24, 2.45) is 5.92 Å². The number of carboxylic acid groups (broad SMARTS) is 1. The lowest BCUT2D eigenvalue weighted by atomic mass is 10.0. The second kappa shape index (κ2) is 6.05. The Hall–Kier alpha value is -2.04. The summed E-state index contributed by atoms with van der Waals surface area (Å²) in [6.07, 6.45) is 0.392. The van der Waals surface area contributed by atoms with Crippen LogP contribution in [0.15, 0.2) is 24.3 Å². The van der Waals surface area contributed by atoms with Gasteiger partial charge in [-0.1, -0.05) is 19.9 Å². The lowest BCUT2D eigenvalue weighted by Gasteiger charge is -2.16. The quantitative estimate of drug-likeness (QED) is 0.690. The zero-order valence-electron chi connectivity index (χ0n) is 10.5. The summed E-state index contributed by atoms with van der Waals surface area (Å²) in [6, 6.07) is 5.56. The first-order valence-corrected chi connectivity index (χ1v) is 5.79. The third kappa shape index (κ3) is 4.08. The predicted octanol–water partition coefficient (Wildman–Crippen LogP) is 1.50.